The number of nitrogens with one attached hydrogen (secondary N) is 1. The Kier molecular flexibility index (Phi) is 5.52. The molecule has 1 heterocycles. The van der Waals surface area contributed by atoms with Gasteiger partial charge in [-0.3, -0.25) is 4.98 Å². The molecule has 1 amide bonds. The molecule has 0 aliphatic carbocycles. The van der Waals surface area contributed by atoms with Crippen molar-refractivity contribution >= 4 is 12.2 Å². The molecule has 0 bridgehead atoms. The number of nitrogens with zero attached hydrogens (tertiary/aromatic N) is 1. The number of hydrogen-bond donors (Lipinski definition) is 1. The zero-order valence-corrected chi connectivity index (χ0v) is 12.0. The highest BCUT2D eigenvalue weighted by Gasteiger charge is 2.00. The molecule has 1 aromatic heterocycles. The molecular formula is C17H18N2O2. The summed E-state index contributed by atoms with van der Waals surface area (Å²) in [6.45, 7) is 2.67. The fourth-order valence-corrected chi connectivity index (χ4v) is 1.67. The van der Waals surface area contributed by atoms with E-state index >= 15 is 0 Å². The second-order valence-corrected chi connectivity index (χ2v) is 4.61. The van der Waals surface area contributed by atoms with E-state index in [1.54, 1.807) is 6.20 Å². The van der Waals surface area contributed by atoms with Crippen LogP contribution in [0.1, 0.15) is 16.8 Å². The number of aromatic nitrogens is 1. The van der Waals surface area contributed by atoms with Crippen molar-refractivity contribution in [2.75, 3.05) is 6.54 Å². The molecule has 0 unspecified atom stereocenters. The van der Waals surface area contributed by atoms with Crippen molar-refractivity contribution in [2.24, 2.45) is 0 Å². The van der Waals surface area contributed by atoms with Gasteiger partial charge in [-0.05, 0) is 30.2 Å². The standard InChI is InChI=1S/C17H18N2O2/c1-14-9-10-16(19-12-14)8-5-11-18-17(20)21-13-15-6-3-2-4-7-15/h2-10,12H,11,13H2,1H3,(H,18,20). The maximum Gasteiger partial charge on any atom is 0.407 e. The molecule has 4 heteroatoms. The number of pyridine rings is 1. The van der Waals surface area contributed by atoms with E-state index in [2.05, 4.69) is 10.3 Å². The van der Waals surface area contributed by atoms with Gasteiger partial charge in [-0.15, -0.1) is 0 Å². The molecule has 0 saturated carbocycles. The SMILES string of the molecule is Cc1ccc(C=CCNC(=O)OCc2ccccc2)nc1. The van der Waals surface area contributed by atoms with Gasteiger partial charge in [0.2, 0.25) is 0 Å². The lowest BCUT2D eigenvalue weighted by Crippen LogP contribution is -2.24. The number of alkyl carbamates (subject to hydrolysis) is 1. The number of benzene rings is 1. The molecule has 0 atom stereocenters. The van der Waals surface area contributed by atoms with Gasteiger partial charge >= 0.3 is 6.09 Å². The van der Waals surface area contributed by atoms with Crippen LogP contribution in [0, 0.1) is 6.92 Å². The Hall–Kier alpha value is -2.62. The number of carbonyl (C=O) groups excluding carboxylic acids is 1. The van der Waals surface area contributed by atoms with E-state index in [4.69, 9.17) is 4.74 Å². The van der Waals surface area contributed by atoms with Crippen LogP contribution >= 0.6 is 0 Å². The third-order valence-corrected chi connectivity index (χ3v) is 2.80. The largest absolute Gasteiger partial charge is 0.445 e. The van der Waals surface area contributed by atoms with E-state index < -0.39 is 6.09 Å². The molecule has 0 saturated heterocycles. The number of amides is 1. The van der Waals surface area contributed by atoms with Crippen LogP contribution < -0.4 is 5.32 Å². The summed E-state index contributed by atoms with van der Waals surface area (Å²) in [5.74, 6) is 0. The highest BCUT2D eigenvalue weighted by molar-refractivity contribution is 5.67. The first-order valence-electron chi connectivity index (χ1n) is 6.78. The Morgan fingerprint density at radius 2 is 2.05 bits per heavy atom. The Morgan fingerprint density at radius 3 is 2.76 bits per heavy atom. The van der Waals surface area contributed by atoms with Crippen molar-refractivity contribution in [2.45, 2.75) is 13.5 Å². The summed E-state index contributed by atoms with van der Waals surface area (Å²) in [5.41, 5.74) is 2.95. The van der Waals surface area contributed by atoms with Gasteiger partial charge in [0, 0.05) is 12.7 Å². The average Bonchev–Trinajstić information content (AvgIpc) is 2.52. The van der Waals surface area contributed by atoms with Crippen LogP contribution in [0.4, 0.5) is 4.79 Å². The highest BCUT2D eigenvalue weighted by atomic mass is 16.5. The molecule has 0 aliphatic heterocycles. The molecule has 1 N–H and O–H groups in total. The maximum atomic E-state index is 11.5. The topological polar surface area (TPSA) is 51.2 Å². The van der Waals surface area contributed by atoms with Crippen molar-refractivity contribution < 1.29 is 9.53 Å². The number of aryl methyl sites for hydroxylation is 1. The number of carbonyl (C=O) groups is 1. The van der Waals surface area contributed by atoms with Crippen molar-refractivity contribution in [3.8, 4) is 0 Å². The van der Waals surface area contributed by atoms with E-state index in [0.717, 1.165) is 16.8 Å². The lowest BCUT2D eigenvalue weighted by atomic mass is 10.2. The lowest BCUT2D eigenvalue weighted by Gasteiger charge is -2.05. The zero-order valence-electron chi connectivity index (χ0n) is 12.0. The summed E-state index contributed by atoms with van der Waals surface area (Å²) in [4.78, 5) is 15.7. The van der Waals surface area contributed by atoms with Crippen molar-refractivity contribution in [3.63, 3.8) is 0 Å². The summed E-state index contributed by atoms with van der Waals surface area (Å²) in [7, 11) is 0. The van der Waals surface area contributed by atoms with Crippen LogP contribution in [0.3, 0.4) is 0 Å². The first-order chi connectivity index (χ1) is 10.2. The molecule has 21 heavy (non-hydrogen) atoms. The number of ether oxygens (including phenoxy) is 1. The minimum Gasteiger partial charge on any atom is -0.445 e. The molecule has 108 valence electrons. The van der Waals surface area contributed by atoms with E-state index in [9.17, 15) is 4.79 Å². The van der Waals surface area contributed by atoms with Crippen LogP contribution in [-0.4, -0.2) is 17.6 Å². The van der Waals surface area contributed by atoms with Gasteiger partial charge < -0.3 is 10.1 Å². The van der Waals surface area contributed by atoms with Crippen LogP contribution in [0.2, 0.25) is 0 Å². The second-order valence-electron chi connectivity index (χ2n) is 4.61. The van der Waals surface area contributed by atoms with E-state index in [-0.39, 0.29) is 6.61 Å². The van der Waals surface area contributed by atoms with E-state index in [1.165, 1.54) is 0 Å². The predicted molar refractivity (Wildman–Crippen MR) is 82.6 cm³/mol. The number of hydrogen-bond acceptors (Lipinski definition) is 3. The molecular weight excluding hydrogens is 264 g/mol. The van der Waals surface area contributed by atoms with Gasteiger partial charge in [-0.25, -0.2) is 4.79 Å². The summed E-state index contributed by atoms with van der Waals surface area (Å²) < 4.78 is 5.10. The Bertz CT molecular complexity index is 592. The van der Waals surface area contributed by atoms with E-state index in [0.29, 0.717) is 6.54 Å². The summed E-state index contributed by atoms with van der Waals surface area (Å²) >= 11 is 0. The molecule has 0 fully saturated rings. The monoisotopic (exact) mass is 282 g/mol. The minimum atomic E-state index is -0.430. The van der Waals surface area contributed by atoms with Crippen molar-refractivity contribution in [1.29, 1.82) is 0 Å². The Labute approximate surface area is 124 Å². The summed E-state index contributed by atoms with van der Waals surface area (Å²) in [6.07, 6.45) is 5.07. The fourth-order valence-electron chi connectivity index (χ4n) is 1.67. The molecule has 0 radical (unpaired) electrons. The highest BCUT2D eigenvalue weighted by Crippen LogP contribution is 2.01. The van der Waals surface area contributed by atoms with Crippen LogP contribution in [0.5, 0.6) is 0 Å². The molecule has 0 aliphatic rings. The van der Waals surface area contributed by atoms with Crippen LogP contribution in [0.15, 0.2) is 54.7 Å². The van der Waals surface area contributed by atoms with Crippen molar-refractivity contribution in [3.05, 3.63) is 71.6 Å². The van der Waals surface area contributed by atoms with Crippen LogP contribution in [0.25, 0.3) is 6.08 Å². The molecule has 4 nitrogen and oxygen atoms in total. The zero-order chi connectivity index (χ0) is 14.9. The van der Waals surface area contributed by atoms with Gasteiger partial charge in [0.25, 0.3) is 0 Å². The van der Waals surface area contributed by atoms with Gasteiger partial charge in [0.05, 0.1) is 5.69 Å². The van der Waals surface area contributed by atoms with Gasteiger partial charge in [0.1, 0.15) is 6.61 Å². The van der Waals surface area contributed by atoms with Gasteiger partial charge in [-0.2, -0.15) is 0 Å². The van der Waals surface area contributed by atoms with Crippen LogP contribution in [-0.2, 0) is 11.3 Å². The third kappa shape index (κ3) is 5.48. The molecule has 2 aromatic rings. The maximum absolute atomic E-state index is 11.5. The van der Waals surface area contributed by atoms with E-state index in [1.807, 2.05) is 61.5 Å². The Morgan fingerprint density at radius 1 is 1.24 bits per heavy atom. The molecule has 1 aromatic carbocycles. The van der Waals surface area contributed by atoms with Crippen molar-refractivity contribution in [1.82, 2.24) is 10.3 Å². The third-order valence-electron chi connectivity index (χ3n) is 2.80. The lowest BCUT2D eigenvalue weighted by molar-refractivity contribution is 0.141. The fraction of sp³-hybridized carbons (Fsp3) is 0.176. The predicted octanol–water partition coefficient (Wildman–Crippen LogP) is 3.33. The molecule has 0 spiro atoms. The molecule has 2 rings (SSSR count). The first kappa shape index (κ1) is 14.8. The summed E-state index contributed by atoms with van der Waals surface area (Å²) in [5, 5.41) is 2.66. The number of rotatable bonds is 5. The normalized spacial score (nSPS) is 10.5. The smallest absolute Gasteiger partial charge is 0.407 e. The van der Waals surface area contributed by atoms with Gasteiger partial charge in [-0.1, -0.05) is 42.5 Å². The second kappa shape index (κ2) is 7.85. The first-order valence-corrected chi connectivity index (χ1v) is 6.78. The Balaban J connectivity index is 1.68. The summed E-state index contributed by atoms with van der Waals surface area (Å²) in [6, 6.07) is 13.5. The average molecular weight is 282 g/mol. The quantitative estimate of drug-likeness (QED) is 0.915. The van der Waals surface area contributed by atoms with Gasteiger partial charge in [0.15, 0.2) is 0 Å². The minimum absolute atomic E-state index is 0.274.